The first-order valence-corrected chi connectivity index (χ1v) is 11.1. The maximum absolute atomic E-state index is 13.1. The van der Waals surface area contributed by atoms with E-state index in [4.69, 9.17) is 11.6 Å². The van der Waals surface area contributed by atoms with Crippen molar-refractivity contribution in [2.75, 3.05) is 32.5 Å². The Morgan fingerprint density at radius 2 is 1.91 bits per heavy atom. The molecule has 0 bridgehead atoms. The van der Waals surface area contributed by atoms with Gasteiger partial charge in [0.2, 0.25) is 11.8 Å². The van der Waals surface area contributed by atoms with Crippen LogP contribution in [0.15, 0.2) is 47.4 Å². The number of alkyl halides is 3. The van der Waals surface area contributed by atoms with Crippen molar-refractivity contribution in [3.63, 3.8) is 0 Å². The van der Waals surface area contributed by atoms with Gasteiger partial charge in [0.15, 0.2) is 0 Å². The Hall–Kier alpha value is -2.23. The Morgan fingerprint density at radius 3 is 2.59 bits per heavy atom. The molecular weight excluding hydrogens is 463 g/mol. The van der Waals surface area contributed by atoms with E-state index < -0.39 is 17.0 Å². The van der Waals surface area contributed by atoms with Crippen LogP contribution in [0, 0.1) is 0 Å². The number of nitrogens with one attached hydrogen (secondary N) is 1. The molecule has 0 fully saturated rings. The Balaban J connectivity index is 1.75. The predicted molar refractivity (Wildman–Crippen MR) is 120 cm³/mol. The highest BCUT2D eigenvalue weighted by atomic mass is 35.5. The number of thioether (sulfide) groups is 1. The molecule has 0 radical (unpaired) electrons. The van der Waals surface area contributed by atoms with Gasteiger partial charge in [-0.15, -0.1) is 11.8 Å². The van der Waals surface area contributed by atoms with Crippen LogP contribution in [0.5, 0.6) is 0 Å². The molecule has 0 aromatic heterocycles. The third kappa shape index (κ3) is 6.40. The van der Waals surface area contributed by atoms with Crippen molar-refractivity contribution < 1.29 is 22.8 Å². The zero-order valence-corrected chi connectivity index (χ0v) is 19.2. The Labute approximate surface area is 193 Å². The van der Waals surface area contributed by atoms with E-state index in [0.717, 1.165) is 17.0 Å². The molecule has 1 atom stereocenters. The first-order chi connectivity index (χ1) is 15.0. The number of benzene rings is 2. The maximum atomic E-state index is 13.1. The molecule has 1 aliphatic heterocycles. The van der Waals surface area contributed by atoms with E-state index in [0.29, 0.717) is 29.4 Å². The predicted octanol–water partition coefficient (Wildman–Crippen LogP) is 4.75. The lowest BCUT2D eigenvalue weighted by atomic mass is 10.1. The molecule has 1 aliphatic rings. The molecule has 0 saturated carbocycles. The topological polar surface area (TPSA) is 52.6 Å². The standard InChI is InChI=1S/C22H23ClF3N3O2S/c1-28(2)8-9-29(13-14-4-3-5-15(10-14)22(24,25)26)20(30)12-19-21(31)27-17-11-16(23)6-7-18(17)32-19/h3-7,10-11,19H,8-9,12-13H2,1-2H3,(H,27,31). The number of rotatable bonds is 7. The molecule has 3 rings (SSSR count). The first-order valence-electron chi connectivity index (χ1n) is 9.88. The largest absolute Gasteiger partial charge is 0.416 e. The number of likely N-dealkylation sites (N-methyl/N-ethyl adjacent to an activating group) is 1. The van der Waals surface area contributed by atoms with Gasteiger partial charge < -0.3 is 15.1 Å². The summed E-state index contributed by atoms with van der Waals surface area (Å²) in [5.41, 5.74) is 0.227. The fourth-order valence-corrected chi connectivity index (χ4v) is 4.48. The van der Waals surface area contributed by atoms with E-state index in [-0.39, 0.29) is 24.8 Å². The molecule has 172 valence electrons. The summed E-state index contributed by atoms with van der Waals surface area (Å²) in [4.78, 5) is 29.8. The molecule has 1 unspecified atom stereocenters. The average molecular weight is 486 g/mol. The average Bonchev–Trinajstić information content (AvgIpc) is 2.71. The molecule has 5 nitrogen and oxygen atoms in total. The van der Waals surface area contributed by atoms with Gasteiger partial charge in [0.05, 0.1) is 16.5 Å². The van der Waals surface area contributed by atoms with E-state index in [2.05, 4.69) is 5.32 Å². The highest BCUT2D eigenvalue weighted by Crippen LogP contribution is 2.38. The van der Waals surface area contributed by atoms with Crippen molar-refractivity contribution in [3.05, 3.63) is 58.6 Å². The second kappa shape index (κ2) is 10.1. The van der Waals surface area contributed by atoms with Gasteiger partial charge in [0.25, 0.3) is 0 Å². The van der Waals surface area contributed by atoms with Crippen LogP contribution < -0.4 is 5.32 Å². The summed E-state index contributed by atoms with van der Waals surface area (Å²) in [5.74, 6) is -0.598. The summed E-state index contributed by atoms with van der Waals surface area (Å²) in [6.45, 7) is 0.894. The number of carbonyl (C=O) groups is 2. The van der Waals surface area contributed by atoms with E-state index >= 15 is 0 Å². The lowest BCUT2D eigenvalue weighted by Crippen LogP contribution is -2.40. The molecule has 1 N–H and O–H groups in total. The van der Waals surface area contributed by atoms with Gasteiger partial charge in [-0.3, -0.25) is 9.59 Å². The van der Waals surface area contributed by atoms with Crippen LogP contribution in [0.4, 0.5) is 18.9 Å². The molecule has 1 heterocycles. The number of nitrogens with zero attached hydrogens (tertiary/aromatic N) is 2. The van der Waals surface area contributed by atoms with Crippen molar-refractivity contribution in [1.82, 2.24) is 9.80 Å². The van der Waals surface area contributed by atoms with Crippen LogP contribution in [0.2, 0.25) is 5.02 Å². The van der Waals surface area contributed by atoms with E-state index in [1.807, 2.05) is 19.0 Å². The smallest absolute Gasteiger partial charge is 0.337 e. The first kappa shape index (κ1) is 24.4. The Morgan fingerprint density at radius 1 is 1.16 bits per heavy atom. The molecule has 0 saturated heterocycles. The summed E-state index contributed by atoms with van der Waals surface area (Å²) in [5, 5.41) is 2.63. The highest BCUT2D eigenvalue weighted by molar-refractivity contribution is 8.01. The number of hydrogen-bond donors (Lipinski definition) is 1. The summed E-state index contributed by atoms with van der Waals surface area (Å²) in [6.07, 6.45) is -4.52. The monoisotopic (exact) mass is 485 g/mol. The summed E-state index contributed by atoms with van der Waals surface area (Å²) in [6, 6.07) is 10.1. The van der Waals surface area contributed by atoms with Gasteiger partial charge in [0, 0.05) is 36.0 Å². The minimum Gasteiger partial charge on any atom is -0.337 e. The SMILES string of the molecule is CN(C)CCN(Cc1cccc(C(F)(F)F)c1)C(=O)CC1Sc2ccc(Cl)cc2NC1=O. The fraction of sp³-hybridized carbons (Fsp3) is 0.364. The van der Waals surface area contributed by atoms with Crippen molar-refractivity contribution in [1.29, 1.82) is 0 Å². The third-order valence-electron chi connectivity index (χ3n) is 4.92. The van der Waals surface area contributed by atoms with Crippen LogP contribution in [-0.4, -0.2) is 54.0 Å². The van der Waals surface area contributed by atoms with Crippen molar-refractivity contribution in [3.8, 4) is 0 Å². The number of amides is 2. The second-order valence-electron chi connectivity index (χ2n) is 7.76. The minimum atomic E-state index is -4.46. The number of carbonyl (C=O) groups excluding carboxylic acids is 2. The van der Waals surface area contributed by atoms with Gasteiger partial charge in [-0.25, -0.2) is 0 Å². The normalized spacial score (nSPS) is 16.0. The zero-order chi connectivity index (χ0) is 23.5. The van der Waals surface area contributed by atoms with Gasteiger partial charge in [-0.05, 0) is 50.0 Å². The summed E-state index contributed by atoms with van der Waals surface area (Å²) < 4.78 is 39.2. The van der Waals surface area contributed by atoms with Gasteiger partial charge in [-0.2, -0.15) is 13.2 Å². The van der Waals surface area contributed by atoms with E-state index in [1.54, 1.807) is 24.3 Å². The lowest BCUT2D eigenvalue weighted by Gasteiger charge is -2.28. The molecule has 0 spiro atoms. The fourth-order valence-electron chi connectivity index (χ4n) is 3.22. The molecule has 32 heavy (non-hydrogen) atoms. The Kier molecular flexibility index (Phi) is 7.74. The number of hydrogen-bond acceptors (Lipinski definition) is 4. The Bertz CT molecular complexity index is 1000. The zero-order valence-electron chi connectivity index (χ0n) is 17.6. The van der Waals surface area contributed by atoms with Crippen LogP contribution in [-0.2, 0) is 22.3 Å². The van der Waals surface area contributed by atoms with E-state index in [9.17, 15) is 22.8 Å². The highest BCUT2D eigenvalue weighted by Gasteiger charge is 2.32. The molecular formula is C22H23ClF3N3O2S. The summed E-state index contributed by atoms with van der Waals surface area (Å²) >= 11 is 7.25. The molecule has 2 amide bonds. The van der Waals surface area contributed by atoms with Crippen molar-refractivity contribution >= 4 is 40.9 Å². The van der Waals surface area contributed by atoms with Crippen LogP contribution in [0.3, 0.4) is 0 Å². The molecule has 0 aliphatic carbocycles. The number of fused-ring (bicyclic) bond motifs is 1. The van der Waals surface area contributed by atoms with Gasteiger partial charge >= 0.3 is 6.18 Å². The summed E-state index contributed by atoms with van der Waals surface area (Å²) in [7, 11) is 3.69. The van der Waals surface area contributed by atoms with Crippen molar-refractivity contribution in [2.45, 2.75) is 29.3 Å². The molecule has 10 heteroatoms. The van der Waals surface area contributed by atoms with Crippen LogP contribution in [0.1, 0.15) is 17.5 Å². The van der Waals surface area contributed by atoms with Crippen LogP contribution >= 0.6 is 23.4 Å². The molecule has 2 aromatic rings. The number of anilines is 1. The van der Waals surface area contributed by atoms with Gasteiger partial charge in [0.1, 0.15) is 0 Å². The van der Waals surface area contributed by atoms with Gasteiger partial charge in [-0.1, -0.05) is 23.7 Å². The second-order valence-corrected chi connectivity index (χ2v) is 9.44. The number of halogens is 4. The lowest BCUT2D eigenvalue weighted by molar-refractivity contribution is -0.137. The van der Waals surface area contributed by atoms with Crippen molar-refractivity contribution in [2.24, 2.45) is 0 Å². The van der Waals surface area contributed by atoms with E-state index in [1.165, 1.54) is 22.7 Å². The quantitative estimate of drug-likeness (QED) is 0.615. The minimum absolute atomic E-state index is 0.0296. The molecule has 2 aromatic carbocycles. The third-order valence-corrected chi connectivity index (χ3v) is 6.43. The maximum Gasteiger partial charge on any atom is 0.416 e. The van der Waals surface area contributed by atoms with Crippen LogP contribution in [0.25, 0.3) is 0 Å².